The van der Waals surface area contributed by atoms with E-state index in [1.165, 1.54) is 12.3 Å². The molecular weight excluding hydrogens is 351 g/mol. The lowest BCUT2D eigenvalue weighted by molar-refractivity contribution is 0.0950. The van der Waals surface area contributed by atoms with Crippen LogP contribution in [-0.2, 0) is 5.41 Å². The van der Waals surface area contributed by atoms with Crippen LogP contribution >= 0.6 is 15.9 Å². The summed E-state index contributed by atoms with van der Waals surface area (Å²) >= 11 is 3.25. The van der Waals surface area contributed by atoms with Crippen molar-refractivity contribution >= 4 is 28.1 Å². The molecule has 0 aliphatic carbocycles. The standard InChI is InChI=1S/C15H16BrFN4O/c1-15(2,3)13-7-12(19-20-13)14(22)21-18-8-9-6-10(16)4-5-11(9)17/h4-8H,1-3H3,(H,19,20)(H,21,22). The van der Waals surface area contributed by atoms with Gasteiger partial charge >= 0.3 is 0 Å². The second-order valence-electron chi connectivity index (χ2n) is 5.78. The predicted octanol–water partition coefficient (Wildman–Crippen LogP) is 3.37. The summed E-state index contributed by atoms with van der Waals surface area (Å²) in [7, 11) is 0. The van der Waals surface area contributed by atoms with Crippen LogP contribution in [0.2, 0.25) is 0 Å². The smallest absolute Gasteiger partial charge is 0.281 e. The second-order valence-corrected chi connectivity index (χ2v) is 6.70. The summed E-state index contributed by atoms with van der Waals surface area (Å²) in [6.07, 6.45) is 1.25. The first-order valence-electron chi connectivity index (χ1n) is 6.62. The van der Waals surface area contributed by atoms with Crippen LogP contribution in [0.25, 0.3) is 0 Å². The average molecular weight is 367 g/mol. The van der Waals surface area contributed by atoms with Gasteiger partial charge in [0.05, 0.1) is 6.21 Å². The van der Waals surface area contributed by atoms with E-state index in [9.17, 15) is 9.18 Å². The van der Waals surface area contributed by atoms with E-state index in [0.29, 0.717) is 0 Å². The van der Waals surface area contributed by atoms with Crippen LogP contribution < -0.4 is 5.43 Å². The number of rotatable bonds is 3. The highest BCUT2D eigenvalue weighted by atomic mass is 79.9. The predicted molar refractivity (Wildman–Crippen MR) is 86.4 cm³/mol. The Balaban J connectivity index is 2.05. The number of halogens is 2. The number of carbonyl (C=O) groups is 1. The van der Waals surface area contributed by atoms with E-state index in [2.05, 4.69) is 36.7 Å². The minimum Gasteiger partial charge on any atom is -0.281 e. The van der Waals surface area contributed by atoms with Gasteiger partial charge in [0.25, 0.3) is 5.91 Å². The lowest BCUT2D eigenvalue weighted by atomic mass is 9.92. The Morgan fingerprint density at radius 1 is 1.41 bits per heavy atom. The second kappa shape index (κ2) is 6.39. The maximum atomic E-state index is 13.5. The number of aromatic amines is 1. The molecule has 1 aromatic heterocycles. The Kier molecular flexibility index (Phi) is 4.75. The summed E-state index contributed by atoms with van der Waals surface area (Å²) in [6.45, 7) is 6.03. The number of H-pyrrole nitrogens is 1. The topological polar surface area (TPSA) is 70.1 Å². The SMILES string of the molecule is CC(C)(C)c1cc(C(=O)NN=Cc2cc(Br)ccc2F)n[nH]1. The number of benzene rings is 1. The van der Waals surface area contributed by atoms with Gasteiger partial charge in [-0.3, -0.25) is 9.89 Å². The van der Waals surface area contributed by atoms with Gasteiger partial charge < -0.3 is 0 Å². The van der Waals surface area contributed by atoms with Gasteiger partial charge in [-0.05, 0) is 24.3 Å². The number of amides is 1. The molecule has 2 N–H and O–H groups in total. The molecule has 5 nitrogen and oxygen atoms in total. The average Bonchev–Trinajstić information content (AvgIpc) is 2.92. The molecule has 0 saturated heterocycles. The summed E-state index contributed by atoms with van der Waals surface area (Å²) < 4.78 is 14.2. The van der Waals surface area contributed by atoms with Crippen molar-refractivity contribution in [3.05, 3.63) is 51.5 Å². The molecule has 0 bridgehead atoms. The molecule has 1 aromatic carbocycles. The van der Waals surface area contributed by atoms with E-state index in [1.807, 2.05) is 20.8 Å². The maximum absolute atomic E-state index is 13.5. The maximum Gasteiger partial charge on any atom is 0.291 e. The first-order chi connectivity index (χ1) is 10.3. The molecule has 116 valence electrons. The van der Waals surface area contributed by atoms with Crippen molar-refractivity contribution in [1.82, 2.24) is 15.6 Å². The molecule has 22 heavy (non-hydrogen) atoms. The van der Waals surface area contributed by atoms with Crippen LogP contribution in [0.15, 0.2) is 33.8 Å². The molecule has 0 aliphatic heterocycles. The van der Waals surface area contributed by atoms with E-state index in [1.54, 1.807) is 18.2 Å². The molecule has 1 heterocycles. The van der Waals surface area contributed by atoms with Gasteiger partial charge in [-0.2, -0.15) is 10.2 Å². The highest BCUT2D eigenvalue weighted by Gasteiger charge is 2.19. The fourth-order valence-electron chi connectivity index (χ4n) is 1.65. The molecule has 2 aromatic rings. The van der Waals surface area contributed by atoms with E-state index >= 15 is 0 Å². The molecular formula is C15H16BrFN4O. The lowest BCUT2D eigenvalue weighted by Crippen LogP contribution is -2.18. The molecule has 7 heteroatoms. The highest BCUT2D eigenvalue weighted by Crippen LogP contribution is 2.20. The van der Waals surface area contributed by atoms with Crippen molar-refractivity contribution in [2.75, 3.05) is 0 Å². The van der Waals surface area contributed by atoms with Crippen LogP contribution in [0.5, 0.6) is 0 Å². The van der Waals surface area contributed by atoms with Crippen LogP contribution in [0.1, 0.15) is 42.5 Å². The van der Waals surface area contributed by atoms with Crippen LogP contribution in [0, 0.1) is 5.82 Å². The van der Waals surface area contributed by atoms with Gasteiger partial charge in [-0.15, -0.1) is 0 Å². The van der Waals surface area contributed by atoms with E-state index in [-0.39, 0.29) is 16.7 Å². The first kappa shape index (κ1) is 16.4. The number of hydrogen-bond acceptors (Lipinski definition) is 3. The Hall–Kier alpha value is -2.02. The largest absolute Gasteiger partial charge is 0.291 e. The van der Waals surface area contributed by atoms with Crippen molar-refractivity contribution in [2.45, 2.75) is 26.2 Å². The van der Waals surface area contributed by atoms with Gasteiger partial charge in [0.15, 0.2) is 5.69 Å². The molecule has 0 aliphatic rings. The number of nitrogens with one attached hydrogen (secondary N) is 2. The third kappa shape index (κ3) is 4.00. The Morgan fingerprint density at radius 3 is 2.77 bits per heavy atom. The third-order valence-electron chi connectivity index (χ3n) is 2.95. The number of hydrazone groups is 1. The zero-order valence-electron chi connectivity index (χ0n) is 12.4. The minimum atomic E-state index is -0.460. The zero-order chi connectivity index (χ0) is 16.3. The van der Waals surface area contributed by atoms with Crippen LogP contribution in [0.4, 0.5) is 4.39 Å². The number of nitrogens with zero attached hydrogens (tertiary/aromatic N) is 2. The van der Waals surface area contributed by atoms with Crippen molar-refractivity contribution in [1.29, 1.82) is 0 Å². The van der Waals surface area contributed by atoms with Crippen molar-refractivity contribution in [2.24, 2.45) is 5.10 Å². The van der Waals surface area contributed by atoms with Crippen LogP contribution in [0.3, 0.4) is 0 Å². The summed E-state index contributed by atoms with van der Waals surface area (Å²) in [6, 6.07) is 6.14. The van der Waals surface area contributed by atoms with Gasteiger partial charge in [0.1, 0.15) is 5.82 Å². The normalized spacial score (nSPS) is 11.9. The number of hydrogen-bond donors (Lipinski definition) is 2. The van der Waals surface area contributed by atoms with E-state index in [4.69, 9.17) is 0 Å². The van der Waals surface area contributed by atoms with Crippen molar-refractivity contribution < 1.29 is 9.18 Å². The molecule has 0 atom stereocenters. The summed E-state index contributed by atoms with van der Waals surface area (Å²) in [4.78, 5) is 11.9. The summed E-state index contributed by atoms with van der Waals surface area (Å²) in [5.41, 5.74) is 3.54. The molecule has 0 fully saturated rings. The molecule has 0 unspecified atom stereocenters. The minimum absolute atomic E-state index is 0.131. The number of carbonyl (C=O) groups excluding carboxylic acids is 1. The highest BCUT2D eigenvalue weighted by molar-refractivity contribution is 9.10. The molecule has 0 saturated carbocycles. The van der Waals surface area contributed by atoms with E-state index in [0.717, 1.165) is 10.2 Å². The van der Waals surface area contributed by atoms with Gasteiger partial charge in [0, 0.05) is 21.1 Å². The Labute approximate surface area is 136 Å². The fourth-order valence-corrected chi connectivity index (χ4v) is 2.03. The summed E-state index contributed by atoms with van der Waals surface area (Å²) in [5.74, 6) is -0.880. The monoisotopic (exact) mass is 366 g/mol. The first-order valence-corrected chi connectivity index (χ1v) is 7.41. The fraction of sp³-hybridized carbons (Fsp3) is 0.267. The lowest BCUT2D eigenvalue weighted by Gasteiger charge is -2.14. The summed E-state index contributed by atoms with van der Waals surface area (Å²) in [5, 5.41) is 10.5. The molecule has 0 spiro atoms. The zero-order valence-corrected chi connectivity index (χ0v) is 14.0. The van der Waals surface area contributed by atoms with Crippen LogP contribution in [-0.4, -0.2) is 22.3 Å². The molecule has 1 amide bonds. The molecule has 2 rings (SSSR count). The number of aromatic nitrogens is 2. The van der Waals surface area contributed by atoms with E-state index < -0.39 is 11.7 Å². The Bertz CT molecular complexity index is 719. The molecule has 0 radical (unpaired) electrons. The Morgan fingerprint density at radius 2 is 2.14 bits per heavy atom. The van der Waals surface area contributed by atoms with Crippen molar-refractivity contribution in [3.8, 4) is 0 Å². The quantitative estimate of drug-likeness (QED) is 0.645. The van der Waals surface area contributed by atoms with Crippen molar-refractivity contribution in [3.63, 3.8) is 0 Å². The van der Waals surface area contributed by atoms with Gasteiger partial charge in [-0.25, -0.2) is 9.82 Å². The van der Waals surface area contributed by atoms with Gasteiger partial charge in [0.2, 0.25) is 0 Å². The van der Waals surface area contributed by atoms with Gasteiger partial charge in [-0.1, -0.05) is 36.7 Å². The third-order valence-corrected chi connectivity index (χ3v) is 3.44.